The summed E-state index contributed by atoms with van der Waals surface area (Å²) in [4.78, 5) is 4.25. The predicted octanol–water partition coefficient (Wildman–Crippen LogP) is 2.17. The Morgan fingerprint density at radius 1 is 1.44 bits per heavy atom. The van der Waals surface area contributed by atoms with Crippen LogP contribution in [0.4, 0.5) is 0 Å². The third-order valence-electron chi connectivity index (χ3n) is 2.88. The molecule has 0 aliphatic heterocycles. The molecule has 1 N–H and O–H groups in total. The van der Waals surface area contributed by atoms with Gasteiger partial charge < -0.3 is 14.2 Å². The molecule has 0 aliphatic carbocycles. The average molecular weight is 249 g/mol. The van der Waals surface area contributed by atoms with Gasteiger partial charge in [-0.1, -0.05) is 25.9 Å². The first-order chi connectivity index (χ1) is 8.60. The zero-order chi connectivity index (χ0) is 13.1. The van der Waals surface area contributed by atoms with Gasteiger partial charge in [0.1, 0.15) is 0 Å². The maximum Gasteiger partial charge on any atom is 0.226 e. The molecule has 0 saturated carbocycles. The van der Waals surface area contributed by atoms with Crippen LogP contribution < -0.4 is 0 Å². The molecule has 1 atom stereocenters. The average Bonchev–Trinajstić information content (AvgIpc) is 2.97. The van der Waals surface area contributed by atoms with Crippen LogP contribution in [0.1, 0.15) is 44.2 Å². The van der Waals surface area contributed by atoms with Gasteiger partial charge in [-0.25, -0.2) is 0 Å². The number of aliphatic hydroxyl groups excluding tert-OH is 1. The van der Waals surface area contributed by atoms with Crippen molar-refractivity contribution in [2.75, 3.05) is 0 Å². The Bertz CT molecular complexity index is 502. The van der Waals surface area contributed by atoms with Gasteiger partial charge in [0.2, 0.25) is 5.89 Å². The fourth-order valence-electron chi connectivity index (χ4n) is 1.78. The van der Waals surface area contributed by atoms with Crippen molar-refractivity contribution in [3.63, 3.8) is 0 Å². The van der Waals surface area contributed by atoms with Crippen molar-refractivity contribution < 1.29 is 9.63 Å². The Labute approximate surface area is 106 Å². The third kappa shape index (κ3) is 2.79. The highest BCUT2D eigenvalue weighted by Crippen LogP contribution is 2.21. The van der Waals surface area contributed by atoms with E-state index in [1.165, 1.54) is 0 Å². The number of aromatic nitrogens is 3. The fourth-order valence-corrected chi connectivity index (χ4v) is 1.78. The van der Waals surface area contributed by atoms with Crippen molar-refractivity contribution in [1.29, 1.82) is 0 Å². The molecule has 0 spiro atoms. The zero-order valence-electron chi connectivity index (χ0n) is 11.0. The fraction of sp³-hybridized carbons (Fsp3) is 0.538. The number of rotatable bonds is 5. The molecule has 2 rings (SSSR count). The summed E-state index contributed by atoms with van der Waals surface area (Å²) >= 11 is 0. The van der Waals surface area contributed by atoms with Crippen LogP contribution in [0.3, 0.4) is 0 Å². The van der Waals surface area contributed by atoms with Crippen LogP contribution in [-0.2, 0) is 13.0 Å². The SMILES string of the molecule is CCc1nc(Cn2ccc(C(O)C(C)C)c2)no1. The van der Waals surface area contributed by atoms with Crippen molar-refractivity contribution in [3.05, 3.63) is 35.7 Å². The largest absolute Gasteiger partial charge is 0.388 e. The first kappa shape index (κ1) is 12.8. The molecule has 0 radical (unpaired) electrons. The lowest BCUT2D eigenvalue weighted by atomic mass is 10.0. The van der Waals surface area contributed by atoms with Gasteiger partial charge in [0.15, 0.2) is 5.82 Å². The summed E-state index contributed by atoms with van der Waals surface area (Å²) in [7, 11) is 0. The molecular formula is C13H19N3O2. The highest BCUT2D eigenvalue weighted by atomic mass is 16.5. The van der Waals surface area contributed by atoms with E-state index in [9.17, 15) is 5.11 Å². The molecule has 98 valence electrons. The van der Waals surface area contributed by atoms with Crippen molar-refractivity contribution in [1.82, 2.24) is 14.7 Å². The maximum absolute atomic E-state index is 9.96. The molecular weight excluding hydrogens is 230 g/mol. The molecule has 0 saturated heterocycles. The van der Waals surface area contributed by atoms with E-state index < -0.39 is 6.10 Å². The van der Waals surface area contributed by atoms with Gasteiger partial charge in [-0.3, -0.25) is 0 Å². The topological polar surface area (TPSA) is 64.1 Å². The minimum atomic E-state index is -0.428. The number of aryl methyl sites for hydroxylation is 1. The molecule has 5 nitrogen and oxygen atoms in total. The Kier molecular flexibility index (Phi) is 3.81. The number of nitrogens with zero attached hydrogens (tertiary/aromatic N) is 3. The lowest BCUT2D eigenvalue weighted by molar-refractivity contribution is 0.127. The highest BCUT2D eigenvalue weighted by molar-refractivity contribution is 5.14. The number of hydrogen-bond acceptors (Lipinski definition) is 4. The van der Waals surface area contributed by atoms with Crippen LogP contribution in [0, 0.1) is 5.92 Å². The molecule has 5 heteroatoms. The van der Waals surface area contributed by atoms with E-state index in [1.807, 2.05) is 43.8 Å². The van der Waals surface area contributed by atoms with Gasteiger partial charge in [0, 0.05) is 18.8 Å². The summed E-state index contributed by atoms with van der Waals surface area (Å²) in [6, 6.07) is 1.92. The van der Waals surface area contributed by atoms with Crippen molar-refractivity contribution in [3.8, 4) is 0 Å². The Balaban J connectivity index is 2.06. The zero-order valence-corrected chi connectivity index (χ0v) is 11.0. The minimum absolute atomic E-state index is 0.206. The smallest absolute Gasteiger partial charge is 0.226 e. The van der Waals surface area contributed by atoms with Crippen LogP contribution >= 0.6 is 0 Å². The monoisotopic (exact) mass is 249 g/mol. The molecule has 0 bridgehead atoms. The first-order valence-corrected chi connectivity index (χ1v) is 6.25. The summed E-state index contributed by atoms with van der Waals surface area (Å²) in [5.74, 6) is 1.52. The second-order valence-electron chi connectivity index (χ2n) is 4.76. The van der Waals surface area contributed by atoms with E-state index >= 15 is 0 Å². The van der Waals surface area contributed by atoms with Gasteiger partial charge in [-0.15, -0.1) is 0 Å². The van der Waals surface area contributed by atoms with E-state index in [2.05, 4.69) is 10.1 Å². The van der Waals surface area contributed by atoms with Gasteiger partial charge in [-0.2, -0.15) is 4.98 Å². The van der Waals surface area contributed by atoms with Gasteiger partial charge >= 0.3 is 0 Å². The second-order valence-corrected chi connectivity index (χ2v) is 4.76. The number of aliphatic hydroxyl groups is 1. The van der Waals surface area contributed by atoms with E-state index in [-0.39, 0.29) is 5.92 Å². The minimum Gasteiger partial charge on any atom is -0.388 e. The van der Waals surface area contributed by atoms with Crippen molar-refractivity contribution in [2.45, 2.75) is 39.8 Å². The van der Waals surface area contributed by atoms with Crippen LogP contribution in [0.2, 0.25) is 0 Å². The first-order valence-electron chi connectivity index (χ1n) is 6.25. The number of hydrogen-bond donors (Lipinski definition) is 1. The summed E-state index contributed by atoms with van der Waals surface area (Å²) in [5.41, 5.74) is 0.921. The normalized spacial score (nSPS) is 13.2. The molecule has 0 aromatic carbocycles. The Morgan fingerprint density at radius 3 is 2.83 bits per heavy atom. The lowest BCUT2D eigenvalue weighted by Crippen LogP contribution is -2.04. The quantitative estimate of drug-likeness (QED) is 0.882. The van der Waals surface area contributed by atoms with E-state index in [1.54, 1.807) is 0 Å². The second kappa shape index (κ2) is 5.35. The predicted molar refractivity (Wildman–Crippen MR) is 67.0 cm³/mol. The van der Waals surface area contributed by atoms with Crippen LogP contribution in [0.5, 0.6) is 0 Å². The van der Waals surface area contributed by atoms with E-state index in [0.29, 0.717) is 18.3 Å². The molecule has 18 heavy (non-hydrogen) atoms. The maximum atomic E-state index is 9.96. The van der Waals surface area contributed by atoms with Gasteiger partial charge in [0.25, 0.3) is 0 Å². The van der Waals surface area contributed by atoms with Crippen LogP contribution in [0.15, 0.2) is 23.0 Å². The third-order valence-corrected chi connectivity index (χ3v) is 2.88. The summed E-state index contributed by atoms with van der Waals surface area (Å²) in [6.07, 6.45) is 4.16. The molecule has 1 unspecified atom stereocenters. The Morgan fingerprint density at radius 2 is 2.22 bits per heavy atom. The molecule has 2 heterocycles. The van der Waals surface area contributed by atoms with Crippen LogP contribution in [-0.4, -0.2) is 19.8 Å². The standard InChI is InChI=1S/C13H19N3O2/c1-4-12-14-11(15-18-12)8-16-6-5-10(7-16)13(17)9(2)3/h5-7,9,13,17H,4,8H2,1-3H3. The summed E-state index contributed by atoms with van der Waals surface area (Å²) in [6.45, 7) is 6.53. The molecule has 0 aliphatic rings. The van der Waals surface area contributed by atoms with Crippen molar-refractivity contribution in [2.24, 2.45) is 5.92 Å². The van der Waals surface area contributed by atoms with E-state index in [0.717, 1.165) is 12.0 Å². The van der Waals surface area contributed by atoms with Crippen LogP contribution in [0.25, 0.3) is 0 Å². The van der Waals surface area contributed by atoms with Gasteiger partial charge in [0.05, 0.1) is 12.6 Å². The molecule has 2 aromatic rings. The Hall–Kier alpha value is -1.62. The van der Waals surface area contributed by atoms with Gasteiger partial charge in [-0.05, 0) is 17.5 Å². The summed E-state index contributed by atoms with van der Waals surface area (Å²) in [5, 5.41) is 13.9. The highest BCUT2D eigenvalue weighted by Gasteiger charge is 2.13. The van der Waals surface area contributed by atoms with Crippen molar-refractivity contribution >= 4 is 0 Å². The lowest BCUT2D eigenvalue weighted by Gasteiger charge is -2.12. The molecule has 0 amide bonds. The summed E-state index contributed by atoms with van der Waals surface area (Å²) < 4.78 is 7.00. The molecule has 2 aromatic heterocycles. The van der Waals surface area contributed by atoms with E-state index in [4.69, 9.17) is 4.52 Å². The molecule has 0 fully saturated rings.